The molecular weight excluding hydrogens is 326 g/mol. The number of halogens is 2. The fourth-order valence-corrected chi connectivity index (χ4v) is 1.74. The zero-order valence-electron chi connectivity index (χ0n) is 7.95. The number of carbonyl (C=O) groups excluding carboxylic acids is 1. The van der Waals surface area contributed by atoms with Gasteiger partial charge in [0.25, 0.3) is 5.91 Å². The zero-order chi connectivity index (χ0) is 11.4. The van der Waals surface area contributed by atoms with Gasteiger partial charge in [-0.2, -0.15) is 5.06 Å². The fourth-order valence-electron chi connectivity index (χ4n) is 0.980. The lowest BCUT2D eigenvalue weighted by Gasteiger charge is -2.14. The number of rotatable bonds is 2. The average Bonchev–Trinajstić information content (AvgIpc) is 2.21. The van der Waals surface area contributed by atoms with Crippen LogP contribution in [0.5, 0.6) is 0 Å². The van der Waals surface area contributed by atoms with E-state index >= 15 is 0 Å². The van der Waals surface area contributed by atoms with Crippen LogP contribution in [0, 0.1) is 0 Å². The second kappa shape index (κ2) is 5.44. The molecule has 15 heavy (non-hydrogen) atoms. The first-order valence-electron chi connectivity index (χ1n) is 4.17. The van der Waals surface area contributed by atoms with E-state index < -0.39 is 5.91 Å². The summed E-state index contributed by atoms with van der Waals surface area (Å²) < 4.78 is 1.43. The van der Waals surface area contributed by atoms with Crippen LogP contribution in [-0.4, -0.2) is 11.1 Å². The van der Waals surface area contributed by atoms with Crippen LogP contribution < -0.4 is 5.06 Å². The summed E-state index contributed by atoms with van der Waals surface area (Å²) in [5, 5.41) is 10.2. The number of anilines is 1. The largest absolute Gasteiger partial charge is 0.281 e. The quantitative estimate of drug-likeness (QED) is 0.511. The first kappa shape index (κ1) is 12.4. The molecule has 0 aliphatic carbocycles. The Bertz CT molecular complexity index is 404. The molecular formula is C10H9Br2NO2. The Morgan fingerprint density at radius 1 is 1.47 bits per heavy atom. The van der Waals surface area contributed by atoms with Gasteiger partial charge in [-0.1, -0.05) is 22.0 Å². The molecule has 1 rings (SSSR count). The second-order valence-corrected chi connectivity index (χ2v) is 4.52. The molecule has 0 unspecified atom stereocenters. The molecule has 80 valence electrons. The van der Waals surface area contributed by atoms with E-state index in [4.69, 9.17) is 0 Å². The minimum absolute atomic E-state index is 0.396. The first-order chi connectivity index (χ1) is 7.06. The predicted octanol–water partition coefficient (Wildman–Crippen LogP) is 3.51. The van der Waals surface area contributed by atoms with Gasteiger partial charge in [0.2, 0.25) is 0 Å². The highest BCUT2D eigenvalue weighted by Gasteiger charge is 2.13. The summed E-state index contributed by atoms with van der Waals surface area (Å²) in [4.78, 5) is 11.4. The van der Waals surface area contributed by atoms with E-state index in [-0.39, 0.29) is 0 Å². The molecule has 0 saturated carbocycles. The van der Waals surface area contributed by atoms with Crippen molar-refractivity contribution in [2.75, 3.05) is 5.06 Å². The van der Waals surface area contributed by atoms with Gasteiger partial charge in [-0.25, -0.2) is 0 Å². The molecule has 1 amide bonds. The minimum atomic E-state index is -0.490. The third kappa shape index (κ3) is 3.15. The summed E-state index contributed by atoms with van der Waals surface area (Å²) in [7, 11) is 0. The number of carbonyl (C=O) groups is 1. The van der Waals surface area contributed by atoms with Crippen molar-refractivity contribution in [3.8, 4) is 0 Å². The normalized spacial score (nSPS) is 10.7. The predicted molar refractivity (Wildman–Crippen MR) is 65.9 cm³/mol. The molecule has 0 radical (unpaired) electrons. The van der Waals surface area contributed by atoms with Crippen LogP contribution in [0.4, 0.5) is 5.69 Å². The monoisotopic (exact) mass is 333 g/mol. The molecule has 0 aromatic heterocycles. The van der Waals surface area contributed by atoms with E-state index in [0.29, 0.717) is 15.2 Å². The van der Waals surface area contributed by atoms with Crippen molar-refractivity contribution in [1.29, 1.82) is 0 Å². The van der Waals surface area contributed by atoms with Gasteiger partial charge in [-0.05, 0) is 41.1 Å². The summed E-state index contributed by atoms with van der Waals surface area (Å²) in [5.41, 5.74) is 0.396. The number of benzene rings is 1. The van der Waals surface area contributed by atoms with E-state index in [1.54, 1.807) is 25.1 Å². The van der Waals surface area contributed by atoms with Crippen molar-refractivity contribution >= 4 is 43.5 Å². The summed E-state index contributed by atoms with van der Waals surface area (Å²) in [5.74, 6) is -0.490. The lowest BCUT2D eigenvalue weighted by Crippen LogP contribution is -2.25. The topological polar surface area (TPSA) is 40.5 Å². The summed E-state index contributed by atoms with van der Waals surface area (Å²) in [6.07, 6.45) is 2.85. The van der Waals surface area contributed by atoms with E-state index in [9.17, 15) is 10.0 Å². The van der Waals surface area contributed by atoms with Gasteiger partial charge < -0.3 is 0 Å². The van der Waals surface area contributed by atoms with E-state index in [2.05, 4.69) is 31.9 Å². The Labute approximate surface area is 105 Å². The number of allylic oxidation sites excluding steroid dienone is 1. The maximum Gasteiger partial charge on any atom is 0.274 e. The van der Waals surface area contributed by atoms with Crippen LogP contribution in [-0.2, 0) is 4.79 Å². The number of hydrogen-bond acceptors (Lipinski definition) is 2. The lowest BCUT2D eigenvalue weighted by molar-refractivity contribution is -0.118. The molecule has 5 heteroatoms. The Morgan fingerprint density at radius 3 is 2.73 bits per heavy atom. The standard InChI is InChI=1S/C10H9Br2NO2/c1-2-3-10(14)13(15)9-6-7(11)4-5-8(9)12/h2-6,15H,1H3. The number of hydroxylamine groups is 1. The van der Waals surface area contributed by atoms with Crippen LogP contribution >= 0.6 is 31.9 Å². The van der Waals surface area contributed by atoms with Gasteiger partial charge in [-0.3, -0.25) is 10.0 Å². The Kier molecular flexibility index (Phi) is 4.50. The third-order valence-electron chi connectivity index (χ3n) is 1.65. The molecule has 1 aromatic carbocycles. The van der Waals surface area contributed by atoms with Crippen molar-refractivity contribution in [2.24, 2.45) is 0 Å². The van der Waals surface area contributed by atoms with Crippen molar-refractivity contribution in [3.05, 3.63) is 39.3 Å². The second-order valence-electron chi connectivity index (χ2n) is 2.75. The van der Waals surface area contributed by atoms with Crippen LogP contribution in [0.3, 0.4) is 0 Å². The Balaban J connectivity index is 3.05. The summed E-state index contributed by atoms with van der Waals surface area (Å²) >= 11 is 6.52. The molecule has 0 spiro atoms. The van der Waals surface area contributed by atoms with Gasteiger partial charge in [-0.15, -0.1) is 0 Å². The van der Waals surface area contributed by atoms with Gasteiger partial charge >= 0.3 is 0 Å². The molecule has 0 aliphatic heterocycles. The van der Waals surface area contributed by atoms with E-state index in [0.717, 1.165) is 4.47 Å². The van der Waals surface area contributed by atoms with Crippen LogP contribution in [0.2, 0.25) is 0 Å². The number of nitrogens with zero attached hydrogens (tertiary/aromatic N) is 1. The van der Waals surface area contributed by atoms with Crippen LogP contribution in [0.25, 0.3) is 0 Å². The third-order valence-corrected chi connectivity index (χ3v) is 2.82. The van der Waals surface area contributed by atoms with Crippen molar-refractivity contribution in [2.45, 2.75) is 6.92 Å². The molecule has 0 fully saturated rings. The van der Waals surface area contributed by atoms with Crippen molar-refractivity contribution in [3.63, 3.8) is 0 Å². The summed E-state index contributed by atoms with van der Waals surface area (Å²) in [6.45, 7) is 1.71. The maximum absolute atomic E-state index is 11.4. The molecule has 1 aromatic rings. The Hall–Kier alpha value is -0.650. The molecule has 0 atom stereocenters. The SMILES string of the molecule is CC=CC(=O)N(O)c1cc(Br)ccc1Br. The van der Waals surface area contributed by atoms with Gasteiger partial charge in [0.15, 0.2) is 0 Å². The minimum Gasteiger partial charge on any atom is -0.281 e. The zero-order valence-corrected chi connectivity index (χ0v) is 11.1. The highest BCUT2D eigenvalue weighted by Crippen LogP contribution is 2.28. The highest BCUT2D eigenvalue weighted by molar-refractivity contribution is 9.11. The number of amides is 1. The van der Waals surface area contributed by atoms with Crippen LogP contribution in [0.15, 0.2) is 39.3 Å². The fraction of sp³-hybridized carbons (Fsp3) is 0.100. The molecule has 0 bridgehead atoms. The highest BCUT2D eigenvalue weighted by atomic mass is 79.9. The van der Waals surface area contributed by atoms with Crippen molar-refractivity contribution < 1.29 is 10.0 Å². The molecule has 0 aliphatic rings. The van der Waals surface area contributed by atoms with Crippen molar-refractivity contribution in [1.82, 2.24) is 0 Å². The molecule has 1 N–H and O–H groups in total. The average molecular weight is 335 g/mol. The van der Waals surface area contributed by atoms with Gasteiger partial charge in [0, 0.05) is 15.0 Å². The van der Waals surface area contributed by atoms with Gasteiger partial charge in [0.05, 0.1) is 5.69 Å². The maximum atomic E-state index is 11.4. The lowest BCUT2D eigenvalue weighted by atomic mass is 10.3. The van der Waals surface area contributed by atoms with Crippen LogP contribution in [0.1, 0.15) is 6.92 Å². The number of hydrogen-bond donors (Lipinski definition) is 1. The first-order valence-corrected chi connectivity index (χ1v) is 5.75. The van der Waals surface area contributed by atoms with Gasteiger partial charge in [0.1, 0.15) is 0 Å². The molecule has 0 saturated heterocycles. The smallest absolute Gasteiger partial charge is 0.274 e. The Morgan fingerprint density at radius 2 is 2.13 bits per heavy atom. The summed E-state index contributed by atoms with van der Waals surface area (Å²) in [6, 6.07) is 5.19. The van der Waals surface area contributed by atoms with E-state index in [1.807, 2.05) is 6.07 Å². The molecule has 0 heterocycles. The molecule has 3 nitrogen and oxygen atoms in total. The van der Waals surface area contributed by atoms with E-state index in [1.165, 1.54) is 6.08 Å².